The summed E-state index contributed by atoms with van der Waals surface area (Å²) in [6, 6.07) is 0. The van der Waals surface area contributed by atoms with E-state index in [9.17, 15) is 0 Å². The quantitative estimate of drug-likeness (QED) is 0.689. The average molecular weight is 235 g/mol. The summed E-state index contributed by atoms with van der Waals surface area (Å²) in [6.45, 7) is 0. The van der Waals surface area contributed by atoms with Gasteiger partial charge in [-0.2, -0.15) is 0 Å². The first-order valence-electron chi connectivity index (χ1n) is 4.30. The van der Waals surface area contributed by atoms with Crippen molar-refractivity contribution in [1.82, 2.24) is 0 Å². The normalized spacial score (nSPS) is 20.3. The number of hydrogen-bond donors (Lipinski definition) is 0. The van der Waals surface area contributed by atoms with Gasteiger partial charge in [-0.05, 0) is 0 Å². The molecule has 0 saturated heterocycles. The fraction of sp³-hybridized carbons (Fsp3) is 0.273. The molecule has 0 atom stereocenters. The van der Waals surface area contributed by atoms with Gasteiger partial charge in [-0.3, -0.25) is 0 Å². The van der Waals surface area contributed by atoms with Crippen molar-refractivity contribution < 1.29 is 26.1 Å². The van der Waals surface area contributed by atoms with E-state index in [1.165, 1.54) is 12.8 Å². The summed E-state index contributed by atoms with van der Waals surface area (Å²) in [5.74, 6) is 0. The van der Waals surface area contributed by atoms with E-state index in [1.54, 1.807) is 35.9 Å². The van der Waals surface area contributed by atoms with E-state index in [0.29, 0.717) is 0 Å². The van der Waals surface area contributed by atoms with Gasteiger partial charge in [0.25, 0.3) is 0 Å². The Kier molecular flexibility index (Phi) is 2.61. The zero-order valence-corrected chi connectivity index (χ0v) is 9.41. The van der Waals surface area contributed by atoms with Gasteiger partial charge in [-0.15, -0.1) is 0 Å². The van der Waals surface area contributed by atoms with Crippen LogP contribution in [0.4, 0.5) is 0 Å². The summed E-state index contributed by atoms with van der Waals surface area (Å²) >= 11 is 1.63. The maximum absolute atomic E-state index is 2.28. The molecule has 0 aromatic rings. The monoisotopic (exact) mass is 234 g/mol. The Balaban J connectivity index is 0.000000845. The van der Waals surface area contributed by atoms with Gasteiger partial charge in [0.2, 0.25) is 0 Å². The van der Waals surface area contributed by atoms with Crippen molar-refractivity contribution in [2.45, 2.75) is 16.5 Å². The molecule has 1 heteroatoms. The first kappa shape index (κ1) is 8.44. The van der Waals surface area contributed by atoms with Crippen LogP contribution in [-0.2, 0) is 24.7 Å². The van der Waals surface area contributed by atoms with E-state index >= 15 is 0 Å². The third-order valence-corrected chi connectivity index (χ3v) is 4.16. The number of hydrogen-bond acceptors (Lipinski definition) is 0. The number of allylic oxidation sites excluding steroid dienone is 8. The van der Waals surface area contributed by atoms with Gasteiger partial charge in [-0.25, -0.2) is 0 Å². The molecule has 0 aliphatic heterocycles. The molecule has 0 saturated carbocycles. The standard InChI is InChI=1S/C11H11.Zr.H/c1-2-6-10(5-1)9-11-7-3-4-8-11;;/h1-5,7,9H,6,8H2;;/q;+1;-1. The zero-order chi connectivity index (χ0) is 8.39. The van der Waals surface area contributed by atoms with Gasteiger partial charge in [0.1, 0.15) is 0 Å². The molecule has 0 amide bonds. The molecule has 0 aromatic carbocycles. The molecular weight excluding hydrogens is 223 g/mol. The van der Waals surface area contributed by atoms with Crippen LogP contribution in [0.15, 0.2) is 47.6 Å². The molecule has 0 radical (unpaired) electrons. The van der Waals surface area contributed by atoms with E-state index in [1.807, 2.05) is 0 Å². The molecular formula is C11H12Zr. The second kappa shape index (κ2) is 3.70. The van der Waals surface area contributed by atoms with Gasteiger partial charge >= 0.3 is 88.8 Å². The number of rotatable bonds is 2. The van der Waals surface area contributed by atoms with Crippen molar-refractivity contribution in [3.05, 3.63) is 47.6 Å². The maximum atomic E-state index is 2.28. The molecule has 0 spiro atoms. The van der Waals surface area contributed by atoms with Gasteiger partial charge in [0.05, 0.1) is 0 Å². The molecule has 0 heterocycles. The van der Waals surface area contributed by atoms with E-state index in [-0.39, 0.29) is 1.43 Å². The van der Waals surface area contributed by atoms with E-state index in [4.69, 9.17) is 0 Å². The molecule has 60 valence electrons. The summed E-state index contributed by atoms with van der Waals surface area (Å²) in [5, 5.41) is 0. The van der Waals surface area contributed by atoms with E-state index < -0.39 is 0 Å². The summed E-state index contributed by atoms with van der Waals surface area (Å²) in [4.78, 5) is 0. The van der Waals surface area contributed by atoms with Gasteiger partial charge in [-0.1, -0.05) is 0 Å². The van der Waals surface area contributed by atoms with Crippen molar-refractivity contribution >= 4 is 0 Å². The van der Waals surface area contributed by atoms with Gasteiger partial charge in [0.15, 0.2) is 0 Å². The predicted molar refractivity (Wildman–Crippen MR) is 48.5 cm³/mol. The van der Waals surface area contributed by atoms with Crippen LogP contribution in [0.5, 0.6) is 0 Å². The van der Waals surface area contributed by atoms with Crippen LogP contribution in [0.1, 0.15) is 14.3 Å². The zero-order valence-electron chi connectivity index (χ0n) is 7.96. The van der Waals surface area contributed by atoms with Crippen LogP contribution in [0.25, 0.3) is 0 Å². The van der Waals surface area contributed by atoms with Crippen LogP contribution < -0.4 is 0 Å². The summed E-state index contributed by atoms with van der Waals surface area (Å²) in [5.41, 5.74) is 3.20. The third kappa shape index (κ3) is 1.61. The molecule has 2 aliphatic carbocycles. The van der Waals surface area contributed by atoms with Crippen LogP contribution >= 0.6 is 0 Å². The van der Waals surface area contributed by atoms with Gasteiger partial charge < -0.3 is 1.43 Å². The van der Waals surface area contributed by atoms with Crippen molar-refractivity contribution in [2.75, 3.05) is 0 Å². The van der Waals surface area contributed by atoms with Gasteiger partial charge in [0, 0.05) is 0 Å². The third-order valence-electron chi connectivity index (χ3n) is 2.34. The topological polar surface area (TPSA) is 0 Å². The Bertz CT molecular complexity index is 267. The molecule has 2 rings (SSSR count). The second-order valence-electron chi connectivity index (χ2n) is 3.18. The van der Waals surface area contributed by atoms with E-state index in [0.717, 1.165) is 3.63 Å². The molecule has 2 aliphatic rings. The van der Waals surface area contributed by atoms with Crippen LogP contribution in [0, 0.1) is 0 Å². The summed E-state index contributed by atoms with van der Waals surface area (Å²) in [6.07, 6.45) is 15.7. The van der Waals surface area contributed by atoms with Crippen molar-refractivity contribution in [3.63, 3.8) is 0 Å². The minimum absolute atomic E-state index is 0. The van der Waals surface area contributed by atoms with Crippen molar-refractivity contribution in [2.24, 2.45) is 0 Å². The molecule has 12 heavy (non-hydrogen) atoms. The van der Waals surface area contributed by atoms with Crippen LogP contribution in [0.2, 0.25) is 3.63 Å². The Labute approximate surface area is 90.1 Å². The molecule has 0 aromatic heterocycles. The van der Waals surface area contributed by atoms with Crippen molar-refractivity contribution in [3.8, 4) is 0 Å². The average Bonchev–Trinajstić information content (AvgIpc) is 2.77. The Morgan fingerprint density at radius 3 is 1.92 bits per heavy atom. The van der Waals surface area contributed by atoms with Crippen molar-refractivity contribution in [1.29, 1.82) is 0 Å². The first-order valence-corrected chi connectivity index (χ1v) is 5.72. The fourth-order valence-corrected chi connectivity index (χ4v) is 2.65. The molecule has 0 nitrogen and oxygen atoms in total. The predicted octanol–water partition coefficient (Wildman–Crippen LogP) is 3.21. The Morgan fingerprint density at radius 2 is 1.58 bits per heavy atom. The Hall–Kier alpha value is -0.157. The van der Waals surface area contributed by atoms with Crippen LogP contribution in [0.3, 0.4) is 0 Å². The SMILES string of the molecule is [H-].[Zr+][CH](C1=CC=CC1)C1=CC=CC1. The molecule has 0 bridgehead atoms. The fourth-order valence-electron chi connectivity index (χ4n) is 1.59. The summed E-state index contributed by atoms with van der Waals surface area (Å²) < 4.78 is 0.738. The molecule has 0 fully saturated rings. The molecule has 0 N–H and O–H groups in total. The first-order chi connectivity index (χ1) is 5.88. The Morgan fingerprint density at radius 1 is 1.08 bits per heavy atom. The minimum atomic E-state index is 0. The second-order valence-corrected chi connectivity index (χ2v) is 4.60. The molecule has 0 unspecified atom stereocenters. The summed E-state index contributed by atoms with van der Waals surface area (Å²) in [7, 11) is 0. The van der Waals surface area contributed by atoms with E-state index in [2.05, 4.69) is 36.5 Å². The van der Waals surface area contributed by atoms with Crippen LogP contribution in [-0.4, -0.2) is 0 Å².